The van der Waals surface area contributed by atoms with Gasteiger partial charge in [-0.3, -0.25) is 9.59 Å². The van der Waals surface area contributed by atoms with E-state index in [-0.39, 0.29) is 22.4 Å². The number of hydrogen-bond donors (Lipinski definition) is 0. The van der Waals surface area contributed by atoms with Crippen molar-refractivity contribution in [1.29, 1.82) is 0 Å². The minimum absolute atomic E-state index is 0.0561. The van der Waals surface area contributed by atoms with Gasteiger partial charge < -0.3 is 4.74 Å². The van der Waals surface area contributed by atoms with Gasteiger partial charge in [0.2, 0.25) is 0 Å². The molecule has 27 heavy (non-hydrogen) atoms. The lowest BCUT2D eigenvalue weighted by atomic mass is 9.45. The Morgan fingerprint density at radius 3 is 2.63 bits per heavy atom. The lowest BCUT2D eigenvalue weighted by molar-refractivity contribution is -0.177. The van der Waals surface area contributed by atoms with Crippen molar-refractivity contribution in [3.05, 3.63) is 11.6 Å². The molecule has 7 rings (SSSR count). The van der Waals surface area contributed by atoms with Crippen LogP contribution in [0.15, 0.2) is 11.6 Å². The maximum atomic E-state index is 12.2. The number of esters is 1. The highest BCUT2D eigenvalue weighted by molar-refractivity contribution is 5.92. The Morgan fingerprint density at radius 1 is 1.00 bits per heavy atom. The molecule has 6 aliphatic carbocycles. The first kappa shape index (κ1) is 15.8. The number of rotatable bonds is 0. The molecule has 8 unspecified atom stereocenters. The summed E-state index contributed by atoms with van der Waals surface area (Å²) in [6.07, 6.45) is 10.6. The summed E-state index contributed by atoms with van der Waals surface area (Å²) in [7, 11) is 0. The third kappa shape index (κ3) is 1.58. The number of carbonyl (C=O) groups excluding carboxylic acids is 2. The SMILES string of the molecule is C[C@]12CCC(=O)C=C1C1CC1C1C2CC[C@@]2(C)C1C1CC1C21CCC(=O)O1. The van der Waals surface area contributed by atoms with Gasteiger partial charge in [0.25, 0.3) is 0 Å². The van der Waals surface area contributed by atoms with Crippen molar-refractivity contribution < 1.29 is 14.3 Å². The maximum Gasteiger partial charge on any atom is 0.306 e. The molecule has 7 aliphatic rings. The van der Waals surface area contributed by atoms with E-state index in [1.807, 2.05) is 0 Å². The Morgan fingerprint density at radius 2 is 1.85 bits per heavy atom. The molecule has 144 valence electrons. The summed E-state index contributed by atoms with van der Waals surface area (Å²) in [5.74, 6) is 5.65. The predicted octanol–water partition coefficient (Wildman–Crippen LogP) is 4.31. The number of ether oxygens (including phenoxy) is 1. The van der Waals surface area contributed by atoms with Crippen molar-refractivity contribution >= 4 is 11.8 Å². The van der Waals surface area contributed by atoms with Gasteiger partial charge in [0.15, 0.2) is 5.78 Å². The number of carbonyl (C=O) groups is 2. The minimum Gasteiger partial charge on any atom is -0.458 e. The number of hydrogen-bond acceptors (Lipinski definition) is 3. The summed E-state index contributed by atoms with van der Waals surface area (Å²) in [5.41, 5.74) is 1.85. The monoisotopic (exact) mass is 366 g/mol. The molecule has 1 heterocycles. The fraction of sp³-hybridized carbons (Fsp3) is 0.833. The van der Waals surface area contributed by atoms with Gasteiger partial charge in [-0.1, -0.05) is 19.4 Å². The highest BCUT2D eigenvalue weighted by Crippen LogP contribution is 2.82. The number of fused-ring (bicyclic) bond motifs is 12. The van der Waals surface area contributed by atoms with Crippen LogP contribution in [0.4, 0.5) is 0 Å². The van der Waals surface area contributed by atoms with Crippen molar-refractivity contribution in [2.24, 2.45) is 52.3 Å². The van der Waals surface area contributed by atoms with Crippen LogP contribution in [0.5, 0.6) is 0 Å². The molecule has 1 saturated heterocycles. The van der Waals surface area contributed by atoms with Crippen molar-refractivity contribution in [3.63, 3.8) is 0 Å². The van der Waals surface area contributed by atoms with Gasteiger partial charge in [-0.2, -0.15) is 0 Å². The number of ketones is 1. The molecule has 1 aliphatic heterocycles. The smallest absolute Gasteiger partial charge is 0.306 e. The fourth-order valence-corrected chi connectivity index (χ4v) is 9.74. The minimum atomic E-state index is -0.131. The molecule has 10 atom stereocenters. The van der Waals surface area contributed by atoms with Crippen LogP contribution in [0.25, 0.3) is 0 Å². The van der Waals surface area contributed by atoms with E-state index < -0.39 is 0 Å². The molecule has 1 spiro atoms. The number of allylic oxidation sites excluding steroid dienone is 1. The summed E-state index contributed by atoms with van der Waals surface area (Å²) in [6, 6.07) is 0. The Labute approximate surface area is 161 Å². The van der Waals surface area contributed by atoms with E-state index in [4.69, 9.17) is 4.74 Å². The van der Waals surface area contributed by atoms with Crippen molar-refractivity contribution in [2.45, 2.75) is 70.8 Å². The normalized spacial score (nSPS) is 62.0. The van der Waals surface area contributed by atoms with E-state index >= 15 is 0 Å². The van der Waals surface area contributed by atoms with Crippen LogP contribution in [0.1, 0.15) is 65.2 Å². The van der Waals surface area contributed by atoms with E-state index in [1.165, 1.54) is 31.3 Å². The molecule has 0 aromatic rings. The summed E-state index contributed by atoms with van der Waals surface area (Å²) < 4.78 is 6.22. The first-order chi connectivity index (χ1) is 12.9. The average Bonchev–Trinajstić information content (AvgIpc) is 3.53. The highest BCUT2D eigenvalue weighted by atomic mass is 16.6. The summed E-state index contributed by atoms with van der Waals surface area (Å²) in [4.78, 5) is 24.3. The van der Waals surface area contributed by atoms with E-state index in [1.54, 1.807) is 0 Å². The predicted molar refractivity (Wildman–Crippen MR) is 99.5 cm³/mol. The zero-order chi connectivity index (χ0) is 18.3. The largest absolute Gasteiger partial charge is 0.458 e. The Hall–Kier alpha value is -1.12. The van der Waals surface area contributed by atoms with Gasteiger partial charge in [-0.25, -0.2) is 0 Å². The van der Waals surface area contributed by atoms with E-state index in [9.17, 15) is 9.59 Å². The average molecular weight is 367 g/mol. The first-order valence-corrected chi connectivity index (χ1v) is 11.4. The van der Waals surface area contributed by atoms with Gasteiger partial charge in [-0.05, 0) is 85.5 Å². The Bertz CT molecular complexity index is 827. The molecular weight excluding hydrogens is 336 g/mol. The second kappa shape index (κ2) is 4.39. The van der Waals surface area contributed by atoms with Gasteiger partial charge in [0.1, 0.15) is 5.60 Å². The van der Waals surface area contributed by atoms with Crippen LogP contribution in [0.2, 0.25) is 0 Å². The standard InChI is InChI=1S/C24H30O3/c1-22-6-3-12(25)9-17(22)13-10-14(13)20-16(22)4-7-23(2)21(20)15-11-18(15)24(23)8-5-19(26)27-24/h9,13-16,18,20-21H,3-8,10-11H2,1-2H3/t13?,14?,15?,16?,18?,20?,21?,22-,23+,24?/m1/s1. The topological polar surface area (TPSA) is 43.4 Å². The molecule has 3 heteroatoms. The second-order valence-electron chi connectivity index (χ2n) is 11.5. The van der Waals surface area contributed by atoms with Gasteiger partial charge in [0.05, 0.1) is 0 Å². The molecule has 3 nitrogen and oxygen atoms in total. The molecule has 0 amide bonds. The van der Waals surface area contributed by atoms with Gasteiger partial charge in [0, 0.05) is 24.2 Å². The molecule has 0 aromatic heterocycles. The zero-order valence-electron chi connectivity index (χ0n) is 16.5. The Kier molecular flexibility index (Phi) is 2.56. The molecule has 0 radical (unpaired) electrons. The zero-order valence-corrected chi connectivity index (χ0v) is 16.5. The van der Waals surface area contributed by atoms with Crippen LogP contribution < -0.4 is 0 Å². The van der Waals surface area contributed by atoms with E-state index in [0.717, 1.165) is 48.9 Å². The lowest BCUT2D eigenvalue weighted by Crippen LogP contribution is -2.57. The first-order valence-electron chi connectivity index (χ1n) is 11.4. The quantitative estimate of drug-likeness (QED) is 0.600. The Balaban J connectivity index is 1.33. The molecular formula is C24H30O3. The van der Waals surface area contributed by atoms with E-state index in [0.29, 0.717) is 24.0 Å². The summed E-state index contributed by atoms with van der Waals surface area (Å²) in [5, 5.41) is 0. The summed E-state index contributed by atoms with van der Waals surface area (Å²) >= 11 is 0. The highest BCUT2D eigenvalue weighted by Gasteiger charge is 2.81. The third-order valence-electron chi connectivity index (χ3n) is 10.9. The molecule has 5 saturated carbocycles. The van der Waals surface area contributed by atoms with Crippen LogP contribution >= 0.6 is 0 Å². The fourth-order valence-electron chi connectivity index (χ4n) is 9.74. The van der Waals surface area contributed by atoms with Crippen molar-refractivity contribution in [3.8, 4) is 0 Å². The van der Waals surface area contributed by atoms with Crippen molar-refractivity contribution in [1.82, 2.24) is 0 Å². The van der Waals surface area contributed by atoms with Gasteiger partial charge >= 0.3 is 5.97 Å². The lowest BCUT2D eigenvalue weighted by Gasteiger charge is -2.60. The molecule has 6 fully saturated rings. The maximum absolute atomic E-state index is 12.2. The molecule has 0 N–H and O–H groups in total. The van der Waals surface area contributed by atoms with Crippen LogP contribution in [0, 0.1) is 52.3 Å². The van der Waals surface area contributed by atoms with Crippen molar-refractivity contribution in [2.75, 3.05) is 0 Å². The third-order valence-corrected chi connectivity index (χ3v) is 10.9. The van der Waals surface area contributed by atoms with Crippen LogP contribution in [-0.2, 0) is 14.3 Å². The molecule has 0 bridgehead atoms. The molecule has 0 aromatic carbocycles. The van der Waals surface area contributed by atoms with E-state index in [2.05, 4.69) is 19.9 Å². The summed E-state index contributed by atoms with van der Waals surface area (Å²) in [6.45, 7) is 4.99. The second-order valence-corrected chi connectivity index (χ2v) is 11.5. The van der Waals surface area contributed by atoms with Crippen LogP contribution in [-0.4, -0.2) is 17.4 Å². The van der Waals surface area contributed by atoms with Crippen LogP contribution in [0.3, 0.4) is 0 Å². The van der Waals surface area contributed by atoms with Gasteiger partial charge in [-0.15, -0.1) is 0 Å².